The van der Waals surface area contributed by atoms with Gasteiger partial charge < -0.3 is 24.8 Å². The molecule has 4 rings (SSSR count). The largest absolute Gasteiger partial charge is 0.493 e. The third-order valence-corrected chi connectivity index (χ3v) is 7.18. The summed E-state index contributed by atoms with van der Waals surface area (Å²) < 4.78 is 19.1. The summed E-state index contributed by atoms with van der Waals surface area (Å²) in [7, 11) is 6.17. The lowest BCUT2D eigenvalue weighted by atomic mass is 10.1. The Labute approximate surface area is 234 Å². The van der Waals surface area contributed by atoms with Crippen molar-refractivity contribution in [1.82, 2.24) is 19.6 Å². The van der Waals surface area contributed by atoms with Crippen LogP contribution in [0.1, 0.15) is 11.3 Å². The van der Waals surface area contributed by atoms with Crippen LogP contribution < -0.4 is 30.4 Å². The van der Waals surface area contributed by atoms with Crippen molar-refractivity contribution in [3.63, 3.8) is 0 Å². The molecule has 2 heterocycles. The van der Waals surface area contributed by atoms with Crippen molar-refractivity contribution in [2.24, 2.45) is 7.05 Å². The molecule has 0 spiro atoms. The van der Waals surface area contributed by atoms with Crippen molar-refractivity contribution in [2.45, 2.75) is 6.92 Å². The number of para-hydroxylation sites is 1. The second-order valence-corrected chi connectivity index (χ2v) is 9.60. The summed E-state index contributed by atoms with van der Waals surface area (Å²) in [5.74, 6) is 0.735. The number of nitrogens with one attached hydrogen (secondary N) is 2. The van der Waals surface area contributed by atoms with Crippen LogP contribution >= 0.6 is 11.8 Å². The second-order valence-electron chi connectivity index (χ2n) is 8.61. The predicted molar refractivity (Wildman–Crippen MR) is 152 cm³/mol. The number of benzene rings is 2. The van der Waals surface area contributed by atoms with E-state index in [9.17, 15) is 19.2 Å². The molecule has 0 unspecified atom stereocenters. The van der Waals surface area contributed by atoms with Crippen molar-refractivity contribution >= 4 is 40.7 Å². The van der Waals surface area contributed by atoms with Gasteiger partial charge in [0.15, 0.2) is 11.5 Å². The summed E-state index contributed by atoms with van der Waals surface area (Å²) in [4.78, 5) is 52.3. The highest BCUT2D eigenvalue weighted by Crippen LogP contribution is 2.40. The van der Waals surface area contributed by atoms with Crippen molar-refractivity contribution in [1.29, 1.82) is 0 Å². The number of ether oxygens (including phenoxy) is 3. The average Bonchev–Trinajstić information content (AvgIpc) is 3.33. The summed E-state index contributed by atoms with van der Waals surface area (Å²) in [6.07, 6.45) is 1.56. The number of hydrogen-bond donors (Lipinski definition) is 2. The van der Waals surface area contributed by atoms with E-state index in [1.165, 1.54) is 26.0 Å². The number of nitrogens with zero attached hydrogens (tertiary/aromatic N) is 3. The van der Waals surface area contributed by atoms with Gasteiger partial charge in [-0.25, -0.2) is 9.48 Å². The summed E-state index contributed by atoms with van der Waals surface area (Å²) in [5, 5.41) is 4.72. The van der Waals surface area contributed by atoms with E-state index in [0.29, 0.717) is 34.2 Å². The Balaban J connectivity index is 1.40. The van der Waals surface area contributed by atoms with E-state index < -0.39 is 17.2 Å². The zero-order chi connectivity index (χ0) is 29.0. The Bertz CT molecular complexity index is 1520. The molecule has 13 heteroatoms. The smallest absolute Gasteiger partial charge is 0.319 e. The normalized spacial score (nSPS) is 14.0. The van der Waals surface area contributed by atoms with E-state index in [-0.39, 0.29) is 29.2 Å². The molecule has 3 aromatic rings. The minimum absolute atomic E-state index is 0.0138. The van der Waals surface area contributed by atoms with Crippen molar-refractivity contribution < 1.29 is 28.6 Å². The molecular formula is C27H29N5O7S. The highest BCUT2D eigenvalue weighted by molar-refractivity contribution is 8.18. The number of anilines is 1. The van der Waals surface area contributed by atoms with Gasteiger partial charge in [-0.3, -0.25) is 24.0 Å². The summed E-state index contributed by atoms with van der Waals surface area (Å²) >= 11 is 0.792. The molecule has 0 radical (unpaired) electrons. The van der Waals surface area contributed by atoms with Gasteiger partial charge in [0.1, 0.15) is 5.69 Å². The number of urea groups is 1. The molecule has 0 aliphatic carbocycles. The zero-order valence-electron chi connectivity index (χ0n) is 22.6. The maximum atomic E-state index is 13.0. The Morgan fingerprint density at radius 3 is 2.25 bits per heavy atom. The highest BCUT2D eigenvalue weighted by Gasteiger charge is 2.35. The molecule has 12 nitrogen and oxygen atoms in total. The number of imide groups is 1. The van der Waals surface area contributed by atoms with Crippen LogP contribution in [0.3, 0.4) is 0 Å². The van der Waals surface area contributed by atoms with Crippen LogP contribution in [0.2, 0.25) is 0 Å². The number of methoxy groups -OCH3 is 3. The molecule has 210 valence electrons. The number of carbonyl (C=O) groups excluding carboxylic acids is 3. The Morgan fingerprint density at radius 1 is 1.00 bits per heavy atom. The van der Waals surface area contributed by atoms with Crippen molar-refractivity contribution in [3.05, 3.63) is 69.0 Å². The lowest BCUT2D eigenvalue weighted by Gasteiger charge is -2.14. The van der Waals surface area contributed by atoms with Crippen LogP contribution in [0.15, 0.2) is 52.2 Å². The monoisotopic (exact) mass is 567 g/mol. The molecular weight excluding hydrogens is 538 g/mol. The van der Waals surface area contributed by atoms with Crippen LogP contribution in [0.5, 0.6) is 17.2 Å². The van der Waals surface area contributed by atoms with Crippen LogP contribution in [-0.2, 0) is 11.8 Å². The molecule has 2 N–H and O–H groups in total. The molecule has 40 heavy (non-hydrogen) atoms. The number of carbonyl (C=O) groups is 3. The molecule has 1 aliphatic heterocycles. The van der Waals surface area contributed by atoms with Gasteiger partial charge >= 0.3 is 6.03 Å². The third-order valence-electron chi connectivity index (χ3n) is 6.27. The summed E-state index contributed by atoms with van der Waals surface area (Å²) in [6.45, 7) is 1.66. The van der Waals surface area contributed by atoms with Gasteiger partial charge in [0.2, 0.25) is 5.75 Å². The minimum Gasteiger partial charge on any atom is -0.493 e. The van der Waals surface area contributed by atoms with Gasteiger partial charge in [-0.2, -0.15) is 0 Å². The van der Waals surface area contributed by atoms with E-state index in [1.54, 1.807) is 49.0 Å². The first-order valence-corrected chi connectivity index (χ1v) is 13.0. The minimum atomic E-state index is -0.633. The number of thioether (sulfide) groups is 1. The first kappa shape index (κ1) is 28.4. The molecule has 1 fully saturated rings. The van der Waals surface area contributed by atoms with Gasteiger partial charge in [-0.1, -0.05) is 18.2 Å². The van der Waals surface area contributed by atoms with Crippen LogP contribution in [0.4, 0.5) is 15.3 Å². The fourth-order valence-corrected chi connectivity index (χ4v) is 5.05. The van der Waals surface area contributed by atoms with Gasteiger partial charge in [0.25, 0.3) is 16.7 Å². The molecule has 0 atom stereocenters. The first-order chi connectivity index (χ1) is 19.2. The predicted octanol–water partition coefficient (Wildman–Crippen LogP) is 3.37. The molecule has 2 aromatic carbocycles. The molecule has 0 bridgehead atoms. The fourth-order valence-electron chi connectivity index (χ4n) is 4.18. The average molecular weight is 568 g/mol. The van der Waals surface area contributed by atoms with Crippen LogP contribution in [0.25, 0.3) is 11.8 Å². The zero-order valence-corrected chi connectivity index (χ0v) is 23.5. The number of rotatable bonds is 9. The Kier molecular flexibility index (Phi) is 8.53. The maximum Gasteiger partial charge on any atom is 0.319 e. The standard InChI is InChI=1S/C27H29N5O7S/c1-16-22(25(34)32(30(16)2)18-9-7-6-8-10-18)29-26(35)28-11-12-31-24(33)21(40-27(31)36)15-17-13-19(37-3)23(39-5)20(14-17)38-4/h6-10,13-15H,11-12H2,1-5H3,(H2,28,29,35)/b21-15-. The Hall–Kier alpha value is -4.65. The van der Waals surface area contributed by atoms with Crippen LogP contribution in [-0.4, -0.2) is 65.9 Å². The SMILES string of the molecule is COc1cc(/C=C2\SC(=O)N(CCNC(=O)Nc3c(C)n(C)n(-c4ccccc4)c3=O)C2=O)cc(OC)c1OC. The lowest BCUT2D eigenvalue weighted by molar-refractivity contribution is -0.122. The second kappa shape index (κ2) is 12.0. The van der Waals surface area contributed by atoms with E-state index in [2.05, 4.69) is 10.6 Å². The van der Waals surface area contributed by atoms with Gasteiger partial charge in [0, 0.05) is 20.1 Å². The Morgan fingerprint density at radius 2 is 1.65 bits per heavy atom. The van der Waals surface area contributed by atoms with Gasteiger partial charge in [-0.15, -0.1) is 0 Å². The summed E-state index contributed by atoms with van der Waals surface area (Å²) in [6, 6.07) is 11.7. The number of aromatic nitrogens is 2. The third kappa shape index (κ3) is 5.54. The molecule has 1 aliphatic rings. The maximum absolute atomic E-state index is 13.0. The van der Waals surface area contributed by atoms with Gasteiger partial charge in [0.05, 0.1) is 37.6 Å². The quantitative estimate of drug-likeness (QED) is 0.376. The fraction of sp³-hybridized carbons (Fsp3) is 0.259. The topological polar surface area (TPSA) is 133 Å². The van der Waals surface area contributed by atoms with Gasteiger partial charge in [-0.05, 0) is 54.6 Å². The van der Waals surface area contributed by atoms with E-state index in [1.807, 2.05) is 18.2 Å². The van der Waals surface area contributed by atoms with Crippen LogP contribution in [0, 0.1) is 6.92 Å². The lowest BCUT2D eigenvalue weighted by Crippen LogP contribution is -2.39. The van der Waals surface area contributed by atoms with E-state index in [0.717, 1.165) is 16.7 Å². The first-order valence-electron chi connectivity index (χ1n) is 12.1. The number of hydrogen-bond acceptors (Lipinski definition) is 8. The summed E-state index contributed by atoms with van der Waals surface area (Å²) in [5.41, 5.74) is 1.54. The molecule has 0 saturated carbocycles. The highest BCUT2D eigenvalue weighted by atomic mass is 32.2. The molecule has 1 saturated heterocycles. The molecule has 4 amide bonds. The van der Waals surface area contributed by atoms with E-state index in [4.69, 9.17) is 14.2 Å². The molecule has 1 aromatic heterocycles. The van der Waals surface area contributed by atoms with Crippen molar-refractivity contribution in [2.75, 3.05) is 39.7 Å². The number of amides is 4. The van der Waals surface area contributed by atoms with Crippen molar-refractivity contribution in [3.8, 4) is 22.9 Å². The van der Waals surface area contributed by atoms with E-state index >= 15 is 0 Å².